The van der Waals surface area contributed by atoms with Crippen molar-refractivity contribution in [1.82, 2.24) is 25.1 Å². The standard InChI is InChI=1S/C19H20N8O3/c28-19(21-14-2-3-14)13-1-4-15(16(11-13)27(29)30)24-7-9-25(10-8-24)18-6-5-17-22-20-12-26(17)23-18/h1,4-6,11-12,14H,2-3,7-10H2,(H,21,28). The van der Waals surface area contributed by atoms with Crippen molar-refractivity contribution in [3.05, 3.63) is 52.3 Å². The predicted molar refractivity (Wildman–Crippen MR) is 109 cm³/mol. The Morgan fingerprint density at radius 2 is 1.87 bits per heavy atom. The number of amides is 1. The van der Waals surface area contributed by atoms with Gasteiger partial charge in [0.25, 0.3) is 11.6 Å². The number of nitro benzene ring substituents is 1. The molecule has 1 saturated heterocycles. The van der Waals surface area contributed by atoms with Crippen molar-refractivity contribution in [1.29, 1.82) is 0 Å². The lowest BCUT2D eigenvalue weighted by atomic mass is 10.1. The molecule has 2 fully saturated rings. The van der Waals surface area contributed by atoms with Crippen LogP contribution in [0.5, 0.6) is 0 Å². The first-order chi connectivity index (χ1) is 14.6. The fraction of sp³-hybridized carbons (Fsp3) is 0.368. The number of piperazine rings is 1. The second-order valence-electron chi connectivity index (χ2n) is 7.51. The summed E-state index contributed by atoms with van der Waals surface area (Å²) in [4.78, 5) is 27.6. The maximum Gasteiger partial charge on any atom is 0.293 e. The molecule has 1 aliphatic heterocycles. The van der Waals surface area contributed by atoms with E-state index in [4.69, 9.17) is 0 Å². The van der Waals surface area contributed by atoms with Crippen LogP contribution in [0.15, 0.2) is 36.7 Å². The van der Waals surface area contributed by atoms with E-state index in [9.17, 15) is 14.9 Å². The van der Waals surface area contributed by atoms with Gasteiger partial charge in [-0.1, -0.05) is 0 Å². The van der Waals surface area contributed by atoms with E-state index in [1.807, 2.05) is 17.0 Å². The molecule has 1 aliphatic carbocycles. The van der Waals surface area contributed by atoms with Crippen LogP contribution in [0.25, 0.3) is 5.65 Å². The van der Waals surface area contributed by atoms with Crippen LogP contribution in [0.1, 0.15) is 23.2 Å². The van der Waals surface area contributed by atoms with E-state index in [1.54, 1.807) is 23.0 Å². The fourth-order valence-corrected chi connectivity index (χ4v) is 3.64. The topological polar surface area (TPSA) is 122 Å². The average molecular weight is 408 g/mol. The highest BCUT2D eigenvalue weighted by Crippen LogP contribution is 2.31. The van der Waals surface area contributed by atoms with E-state index in [0.717, 1.165) is 18.7 Å². The third-order valence-electron chi connectivity index (χ3n) is 5.44. The zero-order valence-electron chi connectivity index (χ0n) is 16.1. The second-order valence-corrected chi connectivity index (χ2v) is 7.51. The summed E-state index contributed by atoms with van der Waals surface area (Å²) in [5.74, 6) is 0.552. The fourth-order valence-electron chi connectivity index (χ4n) is 3.64. The van der Waals surface area contributed by atoms with Gasteiger partial charge in [0.1, 0.15) is 17.8 Å². The van der Waals surface area contributed by atoms with Gasteiger partial charge in [-0.2, -0.15) is 4.52 Å². The van der Waals surface area contributed by atoms with E-state index in [0.29, 0.717) is 43.1 Å². The summed E-state index contributed by atoms with van der Waals surface area (Å²) in [6.07, 6.45) is 3.49. The molecule has 3 heterocycles. The number of nitrogens with one attached hydrogen (secondary N) is 1. The molecule has 11 heteroatoms. The van der Waals surface area contributed by atoms with Crippen molar-refractivity contribution in [3.63, 3.8) is 0 Å². The quantitative estimate of drug-likeness (QED) is 0.494. The van der Waals surface area contributed by atoms with Crippen molar-refractivity contribution in [2.24, 2.45) is 0 Å². The Kier molecular flexibility index (Phi) is 4.42. The molecule has 5 rings (SSSR count). The molecule has 1 saturated carbocycles. The smallest absolute Gasteiger partial charge is 0.293 e. The molecule has 30 heavy (non-hydrogen) atoms. The van der Waals surface area contributed by atoms with Gasteiger partial charge in [-0.3, -0.25) is 14.9 Å². The van der Waals surface area contributed by atoms with E-state index in [1.165, 1.54) is 6.07 Å². The summed E-state index contributed by atoms with van der Waals surface area (Å²) in [6.45, 7) is 2.55. The lowest BCUT2D eigenvalue weighted by Crippen LogP contribution is -2.47. The molecule has 154 valence electrons. The Morgan fingerprint density at radius 3 is 2.60 bits per heavy atom. The zero-order chi connectivity index (χ0) is 20.7. The van der Waals surface area contributed by atoms with Crippen LogP contribution in [0.2, 0.25) is 0 Å². The third-order valence-corrected chi connectivity index (χ3v) is 5.44. The van der Waals surface area contributed by atoms with Crippen LogP contribution in [0.4, 0.5) is 17.2 Å². The van der Waals surface area contributed by atoms with Gasteiger partial charge in [0, 0.05) is 43.9 Å². The first-order valence-electron chi connectivity index (χ1n) is 9.85. The zero-order valence-corrected chi connectivity index (χ0v) is 16.1. The summed E-state index contributed by atoms with van der Waals surface area (Å²) in [7, 11) is 0. The number of benzene rings is 1. The second kappa shape index (κ2) is 7.25. The minimum Gasteiger partial charge on any atom is -0.362 e. The monoisotopic (exact) mass is 408 g/mol. The number of carbonyl (C=O) groups excluding carboxylic acids is 1. The van der Waals surface area contributed by atoms with Crippen molar-refractivity contribution >= 4 is 28.7 Å². The maximum absolute atomic E-state index is 12.3. The van der Waals surface area contributed by atoms with Gasteiger partial charge in [-0.15, -0.1) is 15.3 Å². The largest absolute Gasteiger partial charge is 0.362 e. The molecule has 0 atom stereocenters. The number of rotatable bonds is 5. The van der Waals surface area contributed by atoms with E-state index in [2.05, 4.69) is 25.5 Å². The first kappa shape index (κ1) is 18.3. The van der Waals surface area contributed by atoms with Crippen LogP contribution in [-0.2, 0) is 0 Å². The third kappa shape index (κ3) is 3.49. The van der Waals surface area contributed by atoms with Crippen molar-refractivity contribution in [2.75, 3.05) is 36.0 Å². The molecule has 1 aromatic carbocycles. The highest BCUT2D eigenvalue weighted by Gasteiger charge is 2.28. The van der Waals surface area contributed by atoms with Gasteiger partial charge in [-0.05, 0) is 37.1 Å². The first-order valence-corrected chi connectivity index (χ1v) is 9.85. The summed E-state index contributed by atoms with van der Waals surface area (Å²) in [5, 5.41) is 26.8. The van der Waals surface area contributed by atoms with Crippen LogP contribution in [0.3, 0.4) is 0 Å². The Balaban J connectivity index is 1.32. The molecule has 0 bridgehead atoms. The van der Waals surface area contributed by atoms with Crippen molar-refractivity contribution in [2.45, 2.75) is 18.9 Å². The van der Waals surface area contributed by atoms with Crippen LogP contribution in [0, 0.1) is 10.1 Å². The summed E-state index contributed by atoms with van der Waals surface area (Å²) in [5.41, 5.74) is 1.49. The summed E-state index contributed by atoms with van der Waals surface area (Å²) in [6, 6.07) is 8.68. The van der Waals surface area contributed by atoms with Gasteiger partial charge in [0.2, 0.25) is 0 Å². The molecule has 0 unspecified atom stereocenters. The van der Waals surface area contributed by atoms with Gasteiger partial charge in [0.15, 0.2) is 5.65 Å². The SMILES string of the molecule is O=C(NC1CC1)c1ccc(N2CCN(c3ccc4nncn4n3)CC2)c([N+](=O)[O-])c1. The maximum atomic E-state index is 12.3. The van der Waals surface area contributed by atoms with Crippen LogP contribution in [-0.4, -0.2) is 62.9 Å². The number of nitrogens with zero attached hydrogens (tertiary/aromatic N) is 7. The lowest BCUT2D eigenvalue weighted by molar-refractivity contribution is -0.384. The minimum absolute atomic E-state index is 0.0454. The Bertz CT molecular complexity index is 1120. The van der Waals surface area contributed by atoms with E-state index >= 15 is 0 Å². The molecule has 0 spiro atoms. The Hall–Kier alpha value is -3.76. The minimum atomic E-state index is -0.420. The normalized spacial score (nSPS) is 16.7. The molecule has 11 nitrogen and oxygen atoms in total. The molecular formula is C19H20N8O3. The molecule has 1 amide bonds. The van der Waals surface area contributed by atoms with Gasteiger partial charge in [0.05, 0.1) is 4.92 Å². The van der Waals surface area contributed by atoms with Crippen LogP contribution < -0.4 is 15.1 Å². The number of anilines is 2. The number of aromatic nitrogens is 4. The number of fused-ring (bicyclic) bond motifs is 1. The number of carbonyl (C=O) groups is 1. The highest BCUT2D eigenvalue weighted by atomic mass is 16.6. The van der Waals surface area contributed by atoms with E-state index in [-0.39, 0.29) is 17.6 Å². The Morgan fingerprint density at radius 1 is 1.10 bits per heavy atom. The van der Waals surface area contributed by atoms with Crippen molar-refractivity contribution < 1.29 is 9.72 Å². The molecule has 2 aliphatic rings. The number of hydrogen-bond acceptors (Lipinski definition) is 8. The highest BCUT2D eigenvalue weighted by molar-refractivity contribution is 5.96. The molecule has 2 aromatic heterocycles. The van der Waals surface area contributed by atoms with E-state index < -0.39 is 4.92 Å². The molecule has 0 radical (unpaired) electrons. The molecular weight excluding hydrogens is 388 g/mol. The van der Waals surface area contributed by atoms with Gasteiger partial charge >= 0.3 is 0 Å². The predicted octanol–water partition coefficient (Wildman–Crippen LogP) is 1.25. The van der Waals surface area contributed by atoms with Crippen LogP contribution >= 0.6 is 0 Å². The lowest BCUT2D eigenvalue weighted by Gasteiger charge is -2.36. The summed E-state index contributed by atoms with van der Waals surface area (Å²) >= 11 is 0. The molecule has 1 N–H and O–H groups in total. The molecule has 3 aromatic rings. The number of hydrogen-bond donors (Lipinski definition) is 1. The van der Waals surface area contributed by atoms with Gasteiger partial charge in [-0.25, -0.2) is 0 Å². The Labute approximate surface area is 171 Å². The van der Waals surface area contributed by atoms with Crippen molar-refractivity contribution in [3.8, 4) is 0 Å². The number of nitro groups is 1. The average Bonchev–Trinajstić information content (AvgIpc) is 3.45. The van der Waals surface area contributed by atoms with Gasteiger partial charge < -0.3 is 15.1 Å². The summed E-state index contributed by atoms with van der Waals surface area (Å²) < 4.78 is 1.62.